The van der Waals surface area contributed by atoms with E-state index < -0.39 is 345 Å². The molecule has 0 aromatic rings. The number of aliphatic hydroxyl groups excluding tert-OH is 16. The molecule has 30 saturated heterocycles. The first-order chi connectivity index (χ1) is 60.7. The number of aliphatic carboxylic acids is 8. The van der Waals surface area contributed by atoms with Gasteiger partial charge in [-0.2, -0.15) is 94.1 Å². The zero-order valence-electron chi connectivity index (χ0n) is 67.9. The summed E-state index contributed by atoms with van der Waals surface area (Å²) in [5.74, 6) is -14.4. The van der Waals surface area contributed by atoms with E-state index in [2.05, 4.69) is 0 Å². The maximum absolute atomic E-state index is 12.3. The normalized spacial score (nSPS) is 41.5. The summed E-state index contributed by atoms with van der Waals surface area (Å²) < 4.78 is 100. The highest BCUT2D eigenvalue weighted by molar-refractivity contribution is 8.00. The van der Waals surface area contributed by atoms with Gasteiger partial charge in [0.15, 0.2) is 50.3 Å². The molecule has 30 heterocycles. The van der Waals surface area contributed by atoms with Crippen molar-refractivity contribution in [2.75, 3.05) is 92.0 Å². The van der Waals surface area contributed by atoms with Crippen LogP contribution in [0, 0.1) is 0 Å². The zero-order chi connectivity index (χ0) is 93.7. The molecule has 30 rings (SSSR count). The first-order valence-corrected chi connectivity index (χ1v) is 49.7. The van der Waals surface area contributed by atoms with Crippen molar-refractivity contribution in [2.45, 2.75) is 297 Å². The van der Waals surface area contributed by atoms with E-state index >= 15 is 0 Å². The highest BCUT2D eigenvalue weighted by Crippen LogP contribution is 2.43. The van der Waals surface area contributed by atoms with Gasteiger partial charge in [-0.25, -0.2) is 0 Å². The minimum absolute atomic E-state index is 0.159. The van der Waals surface area contributed by atoms with Gasteiger partial charge < -0.3 is 198 Å². The monoisotopic (exact) mass is 2000 g/mol. The summed E-state index contributed by atoms with van der Waals surface area (Å²) in [6.07, 6.45) is -85.9. The Morgan fingerprint density at radius 1 is 0.156 bits per heavy atom. The van der Waals surface area contributed by atoms with Crippen molar-refractivity contribution < 1.29 is 237 Å². The van der Waals surface area contributed by atoms with Crippen molar-refractivity contribution in [2.24, 2.45) is 0 Å². The van der Waals surface area contributed by atoms with Crippen LogP contribution in [0.3, 0.4) is 0 Å². The van der Waals surface area contributed by atoms with Gasteiger partial charge in [-0.3, -0.25) is 38.4 Å². The molecule has 0 amide bonds. The maximum atomic E-state index is 12.3. The number of aliphatic hydroxyl groups is 16. The molecule has 0 spiro atoms. The number of thioether (sulfide) groups is 8. The van der Waals surface area contributed by atoms with Crippen LogP contribution in [0.2, 0.25) is 0 Å². The van der Waals surface area contributed by atoms with Crippen LogP contribution in [0.5, 0.6) is 0 Å². The lowest BCUT2D eigenvalue weighted by Crippen LogP contribution is -2.69. The van der Waals surface area contributed by atoms with Gasteiger partial charge >= 0.3 is 47.8 Å². The molecular weight excluding hydrogens is 1890 g/mol. The fourth-order valence-corrected chi connectivity index (χ4v) is 22.6. The van der Waals surface area contributed by atoms with Gasteiger partial charge in [-0.15, -0.1) is 0 Å². The number of carbonyl (C=O) groups is 8. The third-order valence-electron chi connectivity index (χ3n) is 21.4. The number of carboxylic acids is 8. The molecule has 16 bridgehead atoms. The summed E-state index contributed by atoms with van der Waals surface area (Å²) >= 11 is 7.04. The SMILES string of the molecule is O=C(O)CCSC[C@H]1O[C@@H]2O[C@H]3[C@H](O)[C@@H](O)[C@@H](O[C@H]4[C@H](O)[C@@H](O)[C@@H](O[C@H]5[C@H](O)[C@@H](O)[C@@H](O[C@H]6[C@H](O)[C@@H](O)[C@@H](O[C@H]7[C@H](O)[C@@H](O)[C@@H](O[C@H]8[C@H](O)[C@@H](O)[C@@H](O[C@H]9[C@H](O)[C@@H](O)[C@@H](O[C@H]1[C@H](O)[C@H]2O)O[C@@H]9CSCCC(=O)O)O[C@@H]8CSCCC(=O)O)O[C@@H]7CSCCC(=O)O)O[C@@H]6CSCCC(=O)O)O[C@@H]5CSCCC(=O)O)O[C@@H]4CSCCC(=O)O)O[C@@H]3CSCCC(=O)O. The van der Waals surface area contributed by atoms with E-state index in [1.807, 2.05) is 0 Å². The molecule has 0 aromatic heterocycles. The fourth-order valence-electron chi connectivity index (χ4n) is 14.7. The van der Waals surface area contributed by atoms with E-state index in [0.717, 1.165) is 94.1 Å². The van der Waals surface area contributed by atoms with E-state index in [-0.39, 0.29) is 92.0 Å². The van der Waals surface area contributed by atoms with Crippen LogP contribution in [-0.2, 0) is 114 Å². The van der Waals surface area contributed by atoms with Crippen molar-refractivity contribution in [1.82, 2.24) is 0 Å². The Hall–Kier alpha value is -2.72. The van der Waals surface area contributed by atoms with Crippen molar-refractivity contribution in [3.63, 3.8) is 0 Å². The second kappa shape index (κ2) is 52.7. The molecule has 30 aliphatic rings. The van der Waals surface area contributed by atoms with Crippen LogP contribution in [0.15, 0.2) is 0 Å². The van der Waals surface area contributed by atoms with Crippen molar-refractivity contribution in [3.05, 3.63) is 0 Å². The Morgan fingerprint density at radius 3 is 0.336 bits per heavy atom. The molecular formula is C72H112O48S8. The van der Waals surface area contributed by atoms with E-state index in [0.29, 0.717) is 0 Å². The molecule has 0 saturated carbocycles. The zero-order valence-corrected chi connectivity index (χ0v) is 74.4. The van der Waals surface area contributed by atoms with Gasteiger partial charge in [-0.1, -0.05) is 0 Å². The number of hydrogen-bond acceptors (Lipinski definition) is 48. The average Bonchev–Trinajstić information content (AvgIpc) is 0.766. The van der Waals surface area contributed by atoms with E-state index in [9.17, 15) is 161 Å². The van der Waals surface area contributed by atoms with Crippen LogP contribution in [0.4, 0.5) is 0 Å². The molecule has 736 valence electrons. The topological polar surface area (TPSA) is 770 Å². The van der Waals surface area contributed by atoms with Crippen LogP contribution in [-0.4, -0.2) is 508 Å². The summed E-state index contributed by atoms with van der Waals surface area (Å²) in [5.41, 5.74) is 0. The van der Waals surface area contributed by atoms with Crippen molar-refractivity contribution in [1.29, 1.82) is 0 Å². The van der Waals surface area contributed by atoms with E-state index in [1.54, 1.807) is 0 Å². The van der Waals surface area contributed by atoms with Crippen LogP contribution >= 0.6 is 94.1 Å². The predicted molar refractivity (Wildman–Crippen MR) is 441 cm³/mol. The van der Waals surface area contributed by atoms with Crippen LogP contribution in [0.25, 0.3) is 0 Å². The Labute approximate surface area is 763 Å². The van der Waals surface area contributed by atoms with Gasteiger partial charge in [0.2, 0.25) is 0 Å². The highest BCUT2D eigenvalue weighted by atomic mass is 32.2. The summed E-state index contributed by atoms with van der Waals surface area (Å²) in [5, 5.41) is 272. The van der Waals surface area contributed by atoms with Crippen molar-refractivity contribution in [3.8, 4) is 0 Å². The van der Waals surface area contributed by atoms with Gasteiger partial charge in [-0.05, 0) is 0 Å². The molecule has 30 aliphatic heterocycles. The van der Waals surface area contributed by atoms with E-state index in [1.165, 1.54) is 0 Å². The Bertz CT molecular complexity index is 2830. The molecule has 24 N–H and O–H groups in total. The van der Waals surface area contributed by atoms with Crippen molar-refractivity contribution >= 4 is 142 Å². The molecule has 48 nitrogen and oxygen atoms in total. The average molecular weight is 2000 g/mol. The molecule has 0 aliphatic carbocycles. The molecule has 0 radical (unpaired) electrons. The number of carboxylic acid groups (broad SMARTS) is 8. The van der Waals surface area contributed by atoms with Gasteiger partial charge in [0, 0.05) is 92.0 Å². The van der Waals surface area contributed by atoms with Gasteiger partial charge in [0.05, 0.1) is 100 Å². The standard InChI is InChI=1S/C72H112O48S8/c73-33(74)1-9-121-17-25-57-41(89)49(97)65(105-25)114-58-26(18-122-10-2-34(75)76)107-67(51(99)43(58)91)116-60-28(20-124-12-4-36(79)80)109-69(53(101)45(60)93)118-62-30(22-126-14-6-38(83)84)111-71(55(103)47(62)95)120-64-32(24-128-16-8-40(87)88)112-72(56(104)48(64)96)119-63-31(23-127-15-7-39(85)86)110-70(54(102)46(63)94)117-61-29(21-125-13-5-37(81)82)108-68(52(100)44(61)92)115-59-27(19-123-11-3-35(77)78)106-66(113-57)50(98)42(59)90/h25-32,41-72,89-104H,1-24H2,(H,73,74)(H,75,76)(H,77,78)(H,79,80)(H,81,82)(H,83,84)(H,85,86)(H,87,88)/t25-,26-,27-,28-,29-,30-,31-,32-,41-,42-,43-,44-,45-,46-,47-,48-,49-,50-,51-,52-,53-,54-,55-,56-,57-,58-,59-,60-,61-,62-,63-,64-,65-,66-,67-,68-,69-,70-,71-,72-/m1/s1. The predicted octanol–water partition coefficient (Wildman–Crippen LogP) is -7.68. The molecule has 56 heteroatoms. The van der Waals surface area contributed by atoms with Gasteiger partial charge in [0.1, 0.15) is 146 Å². The number of rotatable bonds is 40. The third kappa shape index (κ3) is 30.6. The molecule has 0 aromatic carbocycles. The van der Waals surface area contributed by atoms with Crippen LogP contribution < -0.4 is 0 Å². The molecule has 128 heavy (non-hydrogen) atoms. The minimum atomic E-state index is -2.33. The fraction of sp³-hybridized carbons (Fsp3) is 0.889. The summed E-state index contributed by atoms with van der Waals surface area (Å²) in [4.78, 5) is 94.3. The first kappa shape index (κ1) is 109. The lowest BCUT2D eigenvalue weighted by molar-refractivity contribution is -0.396. The largest absolute Gasteiger partial charge is 0.481 e. The second-order valence-electron chi connectivity index (χ2n) is 30.7. The first-order valence-electron chi connectivity index (χ1n) is 40.5. The Morgan fingerprint density at radius 2 is 0.250 bits per heavy atom. The number of hydrogen-bond donors (Lipinski definition) is 24. The Kier molecular flexibility index (Phi) is 44.9. The quantitative estimate of drug-likeness (QED) is 0.0253. The minimum Gasteiger partial charge on any atom is -0.481 e. The van der Waals surface area contributed by atoms with E-state index in [4.69, 9.17) is 75.8 Å². The summed E-state index contributed by atoms with van der Waals surface area (Å²) in [7, 11) is 0. The lowest BCUT2D eigenvalue weighted by atomic mass is 9.95. The number of ether oxygens (including phenoxy) is 16. The maximum Gasteiger partial charge on any atom is 0.304 e. The summed E-state index contributed by atoms with van der Waals surface area (Å²) in [6.45, 7) is 0. The van der Waals surface area contributed by atoms with Gasteiger partial charge in [0.25, 0.3) is 0 Å². The second-order valence-corrected chi connectivity index (χ2v) is 39.9. The smallest absolute Gasteiger partial charge is 0.304 e. The third-order valence-corrected chi connectivity index (χ3v) is 29.9. The van der Waals surface area contributed by atoms with Crippen LogP contribution in [0.1, 0.15) is 51.4 Å². The lowest BCUT2D eigenvalue weighted by Gasteiger charge is -2.51. The highest BCUT2D eigenvalue weighted by Gasteiger charge is 2.61. The molecule has 0 unspecified atom stereocenters. The Balaban J connectivity index is 1.12. The summed E-state index contributed by atoms with van der Waals surface area (Å²) in [6, 6.07) is 0. The molecule has 30 fully saturated rings. The molecule has 40 atom stereocenters.